The van der Waals surface area contributed by atoms with Crippen LogP contribution in [-0.2, 0) is 11.8 Å². The molecule has 2 aromatic heterocycles. The van der Waals surface area contributed by atoms with Gasteiger partial charge in [-0.05, 0) is 18.2 Å². The van der Waals surface area contributed by atoms with Crippen LogP contribution in [0.25, 0.3) is 21.9 Å². The molecule has 0 bridgehead atoms. The monoisotopic (exact) mass is 291 g/mol. The molecule has 0 atom stereocenters. The number of pyridine rings is 1. The van der Waals surface area contributed by atoms with Crippen molar-refractivity contribution < 1.29 is 14.6 Å². The highest BCUT2D eigenvalue weighted by molar-refractivity contribution is 6.31. The molecule has 0 amide bonds. The standard InChI is InChI=1S/C13H10ClN3O3/c1-17-13-9(5-15-17)12(20-6-11(18)19)8-4-7(14)2-3-10(8)16-13/h2-5H,6H2,1H3,(H,18,19). The van der Waals surface area contributed by atoms with Crippen molar-refractivity contribution in [1.29, 1.82) is 0 Å². The average Bonchev–Trinajstić information content (AvgIpc) is 2.76. The highest BCUT2D eigenvalue weighted by atomic mass is 35.5. The number of aryl methyl sites for hydroxylation is 1. The Morgan fingerprint density at radius 3 is 3.00 bits per heavy atom. The number of aromatic nitrogens is 3. The summed E-state index contributed by atoms with van der Waals surface area (Å²) in [6, 6.07) is 5.19. The van der Waals surface area contributed by atoms with Crippen LogP contribution in [0.1, 0.15) is 0 Å². The molecule has 6 nitrogen and oxygen atoms in total. The van der Waals surface area contributed by atoms with E-state index < -0.39 is 12.6 Å². The third kappa shape index (κ3) is 2.04. The quantitative estimate of drug-likeness (QED) is 0.801. The van der Waals surface area contributed by atoms with Crippen molar-refractivity contribution in [2.75, 3.05) is 6.61 Å². The fraction of sp³-hybridized carbons (Fsp3) is 0.154. The van der Waals surface area contributed by atoms with Gasteiger partial charge in [-0.25, -0.2) is 9.78 Å². The van der Waals surface area contributed by atoms with Crippen LogP contribution < -0.4 is 4.74 Å². The maximum atomic E-state index is 10.7. The van der Waals surface area contributed by atoms with Gasteiger partial charge in [0, 0.05) is 17.5 Å². The molecule has 1 N–H and O–H groups in total. The van der Waals surface area contributed by atoms with E-state index in [0.29, 0.717) is 32.7 Å². The Bertz CT molecular complexity index is 828. The molecule has 0 fully saturated rings. The number of hydrogen-bond donors (Lipinski definition) is 1. The number of rotatable bonds is 3. The first-order valence-corrected chi connectivity index (χ1v) is 6.19. The molecule has 0 radical (unpaired) electrons. The van der Waals surface area contributed by atoms with Gasteiger partial charge in [0.2, 0.25) is 0 Å². The summed E-state index contributed by atoms with van der Waals surface area (Å²) in [7, 11) is 1.76. The molecule has 1 aromatic carbocycles. The van der Waals surface area contributed by atoms with Gasteiger partial charge >= 0.3 is 5.97 Å². The van der Waals surface area contributed by atoms with Gasteiger partial charge in [-0.2, -0.15) is 5.10 Å². The molecule has 102 valence electrons. The van der Waals surface area contributed by atoms with Gasteiger partial charge < -0.3 is 9.84 Å². The van der Waals surface area contributed by atoms with Crippen molar-refractivity contribution in [1.82, 2.24) is 14.8 Å². The second kappa shape index (κ2) is 4.64. The summed E-state index contributed by atoms with van der Waals surface area (Å²) >= 11 is 5.99. The number of nitrogens with zero attached hydrogens (tertiary/aromatic N) is 3. The van der Waals surface area contributed by atoms with E-state index in [1.54, 1.807) is 36.1 Å². The lowest BCUT2D eigenvalue weighted by Crippen LogP contribution is -2.10. The summed E-state index contributed by atoms with van der Waals surface area (Å²) in [5.74, 6) is -0.614. The number of carbonyl (C=O) groups is 1. The normalized spacial score (nSPS) is 11.1. The van der Waals surface area contributed by atoms with E-state index in [1.165, 1.54) is 0 Å². The predicted octanol–water partition coefficient (Wildman–Crippen LogP) is 2.24. The fourth-order valence-corrected chi connectivity index (χ4v) is 2.23. The lowest BCUT2D eigenvalue weighted by atomic mass is 10.1. The van der Waals surface area contributed by atoms with Crippen LogP contribution in [0.15, 0.2) is 24.4 Å². The summed E-state index contributed by atoms with van der Waals surface area (Å²) in [6.45, 7) is -0.435. The van der Waals surface area contributed by atoms with E-state index in [2.05, 4.69) is 10.1 Å². The molecule has 0 saturated carbocycles. The summed E-state index contributed by atoms with van der Waals surface area (Å²) in [6.07, 6.45) is 1.60. The molecule has 3 aromatic rings. The van der Waals surface area contributed by atoms with Crippen molar-refractivity contribution >= 4 is 39.5 Å². The van der Waals surface area contributed by atoms with Crippen molar-refractivity contribution in [3.8, 4) is 5.75 Å². The molecule has 0 aliphatic heterocycles. The third-order valence-electron chi connectivity index (χ3n) is 2.92. The Morgan fingerprint density at radius 1 is 1.45 bits per heavy atom. The molecule has 0 aliphatic carbocycles. The first-order chi connectivity index (χ1) is 9.56. The molecular weight excluding hydrogens is 282 g/mol. The Labute approximate surface area is 118 Å². The number of ether oxygens (including phenoxy) is 1. The van der Waals surface area contributed by atoms with Crippen LogP contribution in [0.5, 0.6) is 5.75 Å². The predicted molar refractivity (Wildman–Crippen MR) is 74.2 cm³/mol. The second-order valence-corrected chi connectivity index (χ2v) is 4.73. The molecular formula is C13H10ClN3O3. The number of carboxylic acids is 1. The van der Waals surface area contributed by atoms with Gasteiger partial charge in [0.05, 0.1) is 17.1 Å². The van der Waals surface area contributed by atoms with E-state index in [0.717, 1.165) is 0 Å². The number of hydrogen-bond acceptors (Lipinski definition) is 4. The highest BCUT2D eigenvalue weighted by Gasteiger charge is 2.15. The SMILES string of the molecule is Cn1ncc2c(OCC(=O)O)c3cc(Cl)ccc3nc21. The highest BCUT2D eigenvalue weighted by Crippen LogP contribution is 2.34. The fourth-order valence-electron chi connectivity index (χ4n) is 2.06. The number of benzene rings is 1. The van der Waals surface area contributed by atoms with Crippen LogP contribution >= 0.6 is 11.6 Å². The molecule has 0 spiro atoms. The topological polar surface area (TPSA) is 77.2 Å². The van der Waals surface area contributed by atoms with E-state index in [1.807, 2.05) is 0 Å². The maximum Gasteiger partial charge on any atom is 0.341 e. The van der Waals surface area contributed by atoms with Gasteiger partial charge in [0.1, 0.15) is 5.75 Å². The number of fused-ring (bicyclic) bond motifs is 2. The number of aliphatic carboxylic acids is 1. The molecule has 20 heavy (non-hydrogen) atoms. The molecule has 3 rings (SSSR count). The minimum atomic E-state index is -1.05. The van der Waals surface area contributed by atoms with Crippen LogP contribution in [0.3, 0.4) is 0 Å². The Morgan fingerprint density at radius 2 is 2.25 bits per heavy atom. The Balaban J connectivity index is 2.32. The van der Waals surface area contributed by atoms with Gasteiger partial charge in [-0.1, -0.05) is 11.6 Å². The lowest BCUT2D eigenvalue weighted by Gasteiger charge is -2.09. The van der Waals surface area contributed by atoms with E-state index in [9.17, 15) is 4.79 Å². The van der Waals surface area contributed by atoms with Crippen LogP contribution in [0.2, 0.25) is 5.02 Å². The van der Waals surface area contributed by atoms with E-state index in [4.69, 9.17) is 21.4 Å². The summed E-state index contributed by atoms with van der Waals surface area (Å²) in [5.41, 5.74) is 1.30. The van der Waals surface area contributed by atoms with Crippen molar-refractivity contribution in [2.24, 2.45) is 7.05 Å². The first-order valence-electron chi connectivity index (χ1n) is 5.82. The van der Waals surface area contributed by atoms with Crippen molar-refractivity contribution in [3.63, 3.8) is 0 Å². The molecule has 0 unspecified atom stereocenters. The summed E-state index contributed by atoms with van der Waals surface area (Å²) < 4.78 is 7.02. The van der Waals surface area contributed by atoms with Gasteiger partial charge in [0.25, 0.3) is 0 Å². The first kappa shape index (κ1) is 12.7. The zero-order chi connectivity index (χ0) is 14.3. The third-order valence-corrected chi connectivity index (χ3v) is 3.16. The Kier molecular flexibility index (Phi) is 2.94. The zero-order valence-corrected chi connectivity index (χ0v) is 11.3. The van der Waals surface area contributed by atoms with Crippen LogP contribution in [-0.4, -0.2) is 32.4 Å². The van der Waals surface area contributed by atoms with Gasteiger partial charge in [0.15, 0.2) is 12.3 Å². The van der Waals surface area contributed by atoms with Crippen LogP contribution in [0, 0.1) is 0 Å². The van der Waals surface area contributed by atoms with E-state index >= 15 is 0 Å². The van der Waals surface area contributed by atoms with E-state index in [-0.39, 0.29) is 0 Å². The van der Waals surface area contributed by atoms with Gasteiger partial charge in [-0.3, -0.25) is 4.68 Å². The number of halogens is 1. The molecule has 2 heterocycles. The van der Waals surface area contributed by atoms with Gasteiger partial charge in [-0.15, -0.1) is 0 Å². The average molecular weight is 292 g/mol. The Hall–Kier alpha value is -2.34. The molecule has 0 aliphatic rings. The minimum absolute atomic E-state index is 0.433. The largest absolute Gasteiger partial charge is 0.480 e. The lowest BCUT2D eigenvalue weighted by molar-refractivity contribution is -0.139. The number of carboxylic acid groups (broad SMARTS) is 1. The van der Waals surface area contributed by atoms with Crippen molar-refractivity contribution in [3.05, 3.63) is 29.4 Å². The zero-order valence-electron chi connectivity index (χ0n) is 10.5. The van der Waals surface area contributed by atoms with Crippen molar-refractivity contribution in [2.45, 2.75) is 0 Å². The smallest absolute Gasteiger partial charge is 0.341 e. The summed E-state index contributed by atoms with van der Waals surface area (Å²) in [5, 5.41) is 14.8. The minimum Gasteiger partial charge on any atom is -0.480 e. The molecule has 0 saturated heterocycles. The van der Waals surface area contributed by atoms with Crippen LogP contribution in [0.4, 0.5) is 0 Å². The maximum absolute atomic E-state index is 10.7. The summed E-state index contributed by atoms with van der Waals surface area (Å²) in [4.78, 5) is 15.2. The second-order valence-electron chi connectivity index (χ2n) is 4.29. The molecule has 7 heteroatoms.